The van der Waals surface area contributed by atoms with Gasteiger partial charge in [0.25, 0.3) is 0 Å². The molecule has 4 N–H and O–H groups in total. The van der Waals surface area contributed by atoms with Gasteiger partial charge in [-0.15, -0.1) is 0 Å². The first-order chi connectivity index (χ1) is 9.40. The summed E-state index contributed by atoms with van der Waals surface area (Å²) in [6.07, 6.45) is 0.361. The minimum atomic E-state index is -1.43. The van der Waals surface area contributed by atoms with E-state index >= 15 is 0 Å². The van der Waals surface area contributed by atoms with Crippen molar-refractivity contribution in [2.45, 2.75) is 32.7 Å². The molecule has 0 aromatic heterocycles. The molecule has 0 spiro atoms. The van der Waals surface area contributed by atoms with Crippen LogP contribution in [0.1, 0.15) is 26.7 Å². The van der Waals surface area contributed by atoms with Gasteiger partial charge in [0.05, 0.1) is 6.42 Å². The number of hydrogen-bond acceptors (Lipinski definition) is 4. The van der Waals surface area contributed by atoms with Gasteiger partial charge in [-0.25, -0.2) is 9.59 Å². The number of likely N-dealkylation sites (N-methyl/N-ethyl adjacent to an activating group) is 1. The lowest BCUT2D eigenvalue weighted by molar-refractivity contribution is -0.145. The normalized spacial score (nSPS) is 11.9. The van der Waals surface area contributed by atoms with Crippen LogP contribution in [-0.2, 0) is 9.59 Å². The fraction of sp³-hybridized carbons (Fsp3) is 0.750. The smallest absolute Gasteiger partial charge is 0.326 e. The molecule has 0 bridgehead atoms. The third-order valence-electron chi connectivity index (χ3n) is 2.68. The van der Waals surface area contributed by atoms with E-state index in [4.69, 9.17) is 10.2 Å². The van der Waals surface area contributed by atoms with E-state index in [2.05, 4.69) is 22.5 Å². The average Bonchev–Trinajstić information content (AvgIpc) is 2.36. The number of hydrogen-bond donors (Lipinski definition) is 4. The van der Waals surface area contributed by atoms with Gasteiger partial charge in [-0.05, 0) is 19.5 Å². The van der Waals surface area contributed by atoms with E-state index in [1.807, 2.05) is 6.92 Å². The van der Waals surface area contributed by atoms with Crippen LogP contribution in [0.25, 0.3) is 0 Å². The SMILES string of the molecule is CCCN(CC)CCNC(=O)NC(CC(=O)O)C(=O)O. The second kappa shape index (κ2) is 10.0. The van der Waals surface area contributed by atoms with Crippen molar-refractivity contribution in [1.29, 1.82) is 0 Å². The maximum absolute atomic E-state index is 11.5. The molecule has 0 saturated carbocycles. The fourth-order valence-corrected chi connectivity index (χ4v) is 1.66. The molecule has 1 atom stereocenters. The van der Waals surface area contributed by atoms with Crippen LogP contribution in [0.4, 0.5) is 4.79 Å². The maximum Gasteiger partial charge on any atom is 0.326 e. The van der Waals surface area contributed by atoms with Crippen LogP contribution in [0.3, 0.4) is 0 Å². The first-order valence-electron chi connectivity index (χ1n) is 6.62. The summed E-state index contributed by atoms with van der Waals surface area (Å²) in [5, 5.41) is 22.0. The molecule has 0 aliphatic heterocycles. The number of urea groups is 1. The molecular formula is C12H23N3O5. The van der Waals surface area contributed by atoms with Crippen molar-refractivity contribution in [2.75, 3.05) is 26.2 Å². The maximum atomic E-state index is 11.5. The number of carboxylic acids is 2. The molecule has 20 heavy (non-hydrogen) atoms. The molecule has 0 fully saturated rings. The number of carboxylic acid groups (broad SMARTS) is 2. The van der Waals surface area contributed by atoms with Gasteiger partial charge in [0.1, 0.15) is 6.04 Å². The largest absolute Gasteiger partial charge is 0.481 e. The number of aliphatic carboxylic acids is 2. The summed E-state index contributed by atoms with van der Waals surface area (Å²) in [6.45, 7) is 6.91. The van der Waals surface area contributed by atoms with Crippen molar-refractivity contribution < 1.29 is 24.6 Å². The minimum absolute atomic E-state index is 0.374. The summed E-state index contributed by atoms with van der Waals surface area (Å²) in [4.78, 5) is 34.9. The zero-order valence-electron chi connectivity index (χ0n) is 11.9. The van der Waals surface area contributed by atoms with Crippen molar-refractivity contribution in [3.63, 3.8) is 0 Å². The van der Waals surface area contributed by atoms with Crippen molar-refractivity contribution in [3.05, 3.63) is 0 Å². The summed E-state index contributed by atoms with van der Waals surface area (Å²) in [7, 11) is 0. The van der Waals surface area contributed by atoms with Crippen molar-refractivity contribution in [2.24, 2.45) is 0 Å². The zero-order chi connectivity index (χ0) is 15.5. The summed E-state index contributed by atoms with van der Waals surface area (Å²) < 4.78 is 0. The van der Waals surface area contributed by atoms with Crippen LogP contribution < -0.4 is 10.6 Å². The highest BCUT2D eigenvalue weighted by molar-refractivity contribution is 5.86. The number of rotatable bonds is 10. The molecule has 2 amide bonds. The molecule has 0 aliphatic carbocycles. The van der Waals surface area contributed by atoms with Gasteiger partial charge < -0.3 is 25.7 Å². The van der Waals surface area contributed by atoms with Crippen LogP contribution in [0, 0.1) is 0 Å². The van der Waals surface area contributed by atoms with Gasteiger partial charge in [-0.3, -0.25) is 4.79 Å². The molecule has 0 aromatic rings. The van der Waals surface area contributed by atoms with Gasteiger partial charge in [0.2, 0.25) is 0 Å². The predicted octanol–water partition coefficient (Wildman–Crippen LogP) is -0.0546. The van der Waals surface area contributed by atoms with E-state index in [9.17, 15) is 14.4 Å². The van der Waals surface area contributed by atoms with E-state index in [0.29, 0.717) is 13.1 Å². The molecule has 0 saturated heterocycles. The Labute approximate surface area is 118 Å². The van der Waals surface area contributed by atoms with Gasteiger partial charge in [0.15, 0.2) is 0 Å². The van der Waals surface area contributed by atoms with Gasteiger partial charge >= 0.3 is 18.0 Å². The predicted molar refractivity (Wildman–Crippen MR) is 72.6 cm³/mol. The second-order valence-electron chi connectivity index (χ2n) is 4.32. The van der Waals surface area contributed by atoms with Crippen molar-refractivity contribution >= 4 is 18.0 Å². The quantitative estimate of drug-likeness (QED) is 0.447. The molecular weight excluding hydrogens is 266 g/mol. The topological polar surface area (TPSA) is 119 Å². The molecule has 8 nitrogen and oxygen atoms in total. The number of amides is 2. The number of nitrogens with one attached hydrogen (secondary N) is 2. The average molecular weight is 289 g/mol. The number of nitrogens with zero attached hydrogens (tertiary/aromatic N) is 1. The van der Waals surface area contributed by atoms with Crippen LogP contribution in [-0.4, -0.2) is 65.3 Å². The molecule has 0 radical (unpaired) electrons. The lowest BCUT2D eigenvalue weighted by Crippen LogP contribution is -2.48. The lowest BCUT2D eigenvalue weighted by atomic mass is 10.2. The van der Waals surface area contributed by atoms with Gasteiger partial charge in [0, 0.05) is 13.1 Å². The van der Waals surface area contributed by atoms with E-state index in [0.717, 1.165) is 19.5 Å². The Balaban J connectivity index is 4.07. The third kappa shape index (κ3) is 8.30. The first kappa shape index (κ1) is 18.2. The second-order valence-corrected chi connectivity index (χ2v) is 4.32. The van der Waals surface area contributed by atoms with Gasteiger partial charge in [-0.2, -0.15) is 0 Å². The Kier molecular flexibility index (Phi) is 9.10. The molecule has 116 valence electrons. The molecule has 0 aromatic carbocycles. The zero-order valence-corrected chi connectivity index (χ0v) is 11.9. The van der Waals surface area contributed by atoms with E-state index in [1.165, 1.54) is 0 Å². The van der Waals surface area contributed by atoms with Crippen LogP contribution in [0.15, 0.2) is 0 Å². The van der Waals surface area contributed by atoms with Crippen molar-refractivity contribution in [1.82, 2.24) is 15.5 Å². The Bertz CT molecular complexity index is 335. The number of carbonyl (C=O) groups is 3. The molecule has 0 heterocycles. The Morgan fingerprint density at radius 3 is 2.25 bits per heavy atom. The highest BCUT2D eigenvalue weighted by Gasteiger charge is 2.22. The van der Waals surface area contributed by atoms with Crippen molar-refractivity contribution in [3.8, 4) is 0 Å². The highest BCUT2D eigenvalue weighted by atomic mass is 16.4. The highest BCUT2D eigenvalue weighted by Crippen LogP contribution is 1.93. The summed E-state index contributed by atoms with van der Waals surface area (Å²) in [5.41, 5.74) is 0. The molecule has 0 aliphatic rings. The van der Waals surface area contributed by atoms with Gasteiger partial charge in [-0.1, -0.05) is 13.8 Å². The standard InChI is InChI=1S/C12H23N3O5/c1-3-6-15(4-2)7-5-13-12(20)14-9(11(18)19)8-10(16)17/h9H,3-8H2,1-2H3,(H,16,17)(H,18,19)(H2,13,14,20). The summed E-state index contributed by atoms with van der Waals surface area (Å²) >= 11 is 0. The van der Waals surface area contributed by atoms with E-state index < -0.39 is 30.4 Å². The van der Waals surface area contributed by atoms with Crippen LogP contribution >= 0.6 is 0 Å². The van der Waals surface area contributed by atoms with Crippen LogP contribution in [0.5, 0.6) is 0 Å². The fourth-order valence-electron chi connectivity index (χ4n) is 1.66. The van der Waals surface area contributed by atoms with Crippen LogP contribution in [0.2, 0.25) is 0 Å². The Morgan fingerprint density at radius 1 is 1.15 bits per heavy atom. The third-order valence-corrected chi connectivity index (χ3v) is 2.68. The van der Waals surface area contributed by atoms with E-state index in [1.54, 1.807) is 0 Å². The Hall–Kier alpha value is -1.83. The minimum Gasteiger partial charge on any atom is -0.481 e. The molecule has 0 rings (SSSR count). The first-order valence-corrected chi connectivity index (χ1v) is 6.62. The Morgan fingerprint density at radius 2 is 1.80 bits per heavy atom. The summed E-state index contributed by atoms with van der Waals surface area (Å²) in [5.74, 6) is -2.65. The lowest BCUT2D eigenvalue weighted by Gasteiger charge is -2.20. The van der Waals surface area contributed by atoms with E-state index in [-0.39, 0.29) is 0 Å². The molecule has 8 heteroatoms. The summed E-state index contributed by atoms with van der Waals surface area (Å²) in [6, 6.07) is -2.10. The molecule has 1 unspecified atom stereocenters. The monoisotopic (exact) mass is 289 g/mol. The number of carbonyl (C=O) groups excluding carboxylic acids is 1.